The van der Waals surface area contributed by atoms with Crippen LogP contribution in [0.1, 0.15) is 23.2 Å². The number of carbonyl (C=O) groups excluding carboxylic acids is 1. The van der Waals surface area contributed by atoms with Gasteiger partial charge in [-0.1, -0.05) is 11.6 Å². The van der Waals surface area contributed by atoms with Crippen LogP contribution in [0.5, 0.6) is 0 Å². The van der Waals surface area contributed by atoms with Crippen LogP contribution in [0.2, 0.25) is 5.02 Å². The van der Waals surface area contributed by atoms with Gasteiger partial charge in [-0.05, 0) is 31.0 Å². The van der Waals surface area contributed by atoms with Gasteiger partial charge in [-0.3, -0.25) is 4.79 Å². The molecule has 0 radical (unpaired) electrons. The van der Waals surface area contributed by atoms with Gasteiger partial charge < -0.3 is 10.6 Å². The Kier molecular flexibility index (Phi) is 3.64. The molecule has 0 saturated carbocycles. The van der Waals surface area contributed by atoms with E-state index in [1.807, 2.05) is 0 Å². The van der Waals surface area contributed by atoms with Crippen molar-refractivity contribution in [2.24, 2.45) is 5.73 Å². The molecule has 17 heavy (non-hydrogen) atoms. The van der Waals surface area contributed by atoms with E-state index >= 15 is 0 Å². The van der Waals surface area contributed by atoms with E-state index in [9.17, 15) is 9.18 Å². The van der Waals surface area contributed by atoms with Gasteiger partial charge in [-0.2, -0.15) is 0 Å². The zero-order valence-corrected chi connectivity index (χ0v) is 10.1. The van der Waals surface area contributed by atoms with Crippen molar-refractivity contribution in [3.8, 4) is 0 Å². The standard InChI is InChI=1S/C12H14ClFN2O/c13-8-3-4-11(14)10(6-8)12(17)16-5-1-2-9(16)7-15/h3-4,6,9H,1-2,5,7,15H2. The normalized spacial score (nSPS) is 19.7. The third-order valence-electron chi connectivity index (χ3n) is 3.07. The van der Waals surface area contributed by atoms with Gasteiger partial charge in [0.25, 0.3) is 5.91 Å². The molecule has 0 spiro atoms. The van der Waals surface area contributed by atoms with Crippen molar-refractivity contribution in [3.63, 3.8) is 0 Å². The minimum Gasteiger partial charge on any atom is -0.334 e. The maximum Gasteiger partial charge on any atom is 0.257 e. The van der Waals surface area contributed by atoms with Crippen molar-refractivity contribution >= 4 is 17.5 Å². The lowest BCUT2D eigenvalue weighted by Gasteiger charge is -2.23. The zero-order valence-electron chi connectivity index (χ0n) is 9.33. The van der Waals surface area contributed by atoms with Gasteiger partial charge in [-0.15, -0.1) is 0 Å². The lowest BCUT2D eigenvalue weighted by Crippen LogP contribution is -2.40. The van der Waals surface area contributed by atoms with E-state index in [0.717, 1.165) is 12.8 Å². The van der Waals surface area contributed by atoms with Crippen LogP contribution in [-0.4, -0.2) is 29.9 Å². The van der Waals surface area contributed by atoms with Crippen molar-refractivity contribution in [3.05, 3.63) is 34.6 Å². The van der Waals surface area contributed by atoms with Gasteiger partial charge in [0.2, 0.25) is 0 Å². The van der Waals surface area contributed by atoms with Crippen LogP contribution in [0.15, 0.2) is 18.2 Å². The first-order valence-corrected chi connectivity index (χ1v) is 5.97. The number of halogens is 2. The maximum absolute atomic E-state index is 13.6. The summed E-state index contributed by atoms with van der Waals surface area (Å²) in [7, 11) is 0. The summed E-state index contributed by atoms with van der Waals surface area (Å²) in [5, 5.41) is 0.359. The Bertz CT molecular complexity index is 439. The third kappa shape index (κ3) is 2.42. The highest BCUT2D eigenvalue weighted by Crippen LogP contribution is 2.22. The van der Waals surface area contributed by atoms with Crippen molar-refractivity contribution in [2.75, 3.05) is 13.1 Å². The second-order valence-corrected chi connectivity index (χ2v) is 4.59. The monoisotopic (exact) mass is 256 g/mol. The minimum absolute atomic E-state index is 0.0147. The summed E-state index contributed by atoms with van der Waals surface area (Å²) in [6.45, 7) is 1.04. The summed E-state index contributed by atoms with van der Waals surface area (Å²) in [6.07, 6.45) is 1.79. The molecule has 1 fully saturated rings. The number of amides is 1. The fraction of sp³-hybridized carbons (Fsp3) is 0.417. The first-order chi connectivity index (χ1) is 8.13. The molecular formula is C12H14ClFN2O. The molecule has 1 amide bonds. The second kappa shape index (κ2) is 5.02. The van der Waals surface area contributed by atoms with Crippen molar-refractivity contribution in [2.45, 2.75) is 18.9 Å². The van der Waals surface area contributed by atoms with E-state index in [-0.39, 0.29) is 17.5 Å². The SMILES string of the molecule is NCC1CCCN1C(=O)c1cc(Cl)ccc1F. The molecule has 3 nitrogen and oxygen atoms in total. The van der Waals surface area contributed by atoms with Crippen LogP contribution in [0.25, 0.3) is 0 Å². The fourth-order valence-corrected chi connectivity index (χ4v) is 2.34. The topological polar surface area (TPSA) is 46.3 Å². The average Bonchev–Trinajstić information content (AvgIpc) is 2.79. The lowest BCUT2D eigenvalue weighted by atomic mass is 10.1. The number of likely N-dealkylation sites (tertiary alicyclic amines) is 1. The predicted molar refractivity (Wildman–Crippen MR) is 64.5 cm³/mol. The van der Waals surface area contributed by atoms with E-state index in [1.54, 1.807) is 4.90 Å². The molecule has 5 heteroatoms. The number of nitrogens with zero attached hydrogens (tertiary/aromatic N) is 1. The Balaban J connectivity index is 2.27. The Morgan fingerprint density at radius 1 is 1.59 bits per heavy atom. The van der Waals surface area contributed by atoms with Crippen LogP contribution in [0.3, 0.4) is 0 Å². The summed E-state index contributed by atoms with van der Waals surface area (Å²) in [4.78, 5) is 13.8. The molecule has 1 heterocycles. The molecule has 1 aromatic rings. The first-order valence-electron chi connectivity index (χ1n) is 5.59. The fourth-order valence-electron chi connectivity index (χ4n) is 2.16. The Morgan fingerprint density at radius 2 is 2.35 bits per heavy atom. The number of benzene rings is 1. The molecular weight excluding hydrogens is 243 g/mol. The number of carbonyl (C=O) groups is 1. The van der Waals surface area contributed by atoms with E-state index in [1.165, 1.54) is 18.2 Å². The number of hydrogen-bond donors (Lipinski definition) is 1. The summed E-state index contributed by atoms with van der Waals surface area (Å²) >= 11 is 5.78. The maximum atomic E-state index is 13.6. The number of nitrogens with two attached hydrogens (primary N) is 1. The zero-order chi connectivity index (χ0) is 12.4. The van der Waals surface area contributed by atoms with Gasteiger partial charge in [0.15, 0.2) is 0 Å². The minimum atomic E-state index is -0.540. The smallest absolute Gasteiger partial charge is 0.257 e. The van der Waals surface area contributed by atoms with E-state index in [4.69, 9.17) is 17.3 Å². The van der Waals surface area contributed by atoms with Gasteiger partial charge >= 0.3 is 0 Å². The van der Waals surface area contributed by atoms with Crippen LogP contribution in [0.4, 0.5) is 4.39 Å². The van der Waals surface area contributed by atoms with Crippen LogP contribution >= 0.6 is 11.6 Å². The number of hydrogen-bond acceptors (Lipinski definition) is 2. The van der Waals surface area contributed by atoms with Crippen molar-refractivity contribution in [1.82, 2.24) is 4.90 Å². The molecule has 0 bridgehead atoms. The summed E-state index contributed by atoms with van der Waals surface area (Å²) in [5.41, 5.74) is 5.62. The van der Waals surface area contributed by atoms with Crippen LogP contribution in [0, 0.1) is 5.82 Å². The largest absolute Gasteiger partial charge is 0.334 e. The van der Waals surface area contributed by atoms with Crippen molar-refractivity contribution < 1.29 is 9.18 Å². The molecule has 1 aromatic carbocycles. The molecule has 1 aliphatic heterocycles. The van der Waals surface area contributed by atoms with Gasteiger partial charge in [0.05, 0.1) is 5.56 Å². The quantitative estimate of drug-likeness (QED) is 0.880. The molecule has 1 aliphatic rings. The Hall–Kier alpha value is -1.13. The summed E-state index contributed by atoms with van der Waals surface area (Å²) < 4.78 is 13.6. The lowest BCUT2D eigenvalue weighted by molar-refractivity contribution is 0.0736. The molecule has 0 aromatic heterocycles. The highest BCUT2D eigenvalue weighted by atomic mass is 35.5. The predicted octanol–water partition coefficient (Wildman–Crippen LogP) is 2.04. The Labute approximate surface area is 104 Å². The number of rotatable bonds is 2. The van der Waals surface area contributed by atoms with E-state index in [2.05, 4.69) is 0 Å². The summed E-state index contributed by atoms with van der Waals surface area (Å²) in [5.74, 6) is -0.861. The van der Waals surface area contributed by atoms with Gasteiger partial charge in [0.1, 0.15) is 5.82 Å². The first kappa shape index (κ1) is 12.3. The van der Waals surface area contributed by atoms with E-state index in [0.29, 0.717) is 18.1 Å². The van der Waals surface area contributed by atoms with Crippen LogP contribution < -0.4 is 5.73 Å². The summed E-state index contributed by atoms with van der Waals surface area (Å²) in [6, 6.07) is 4.02. The second-order valence-electron chi connectivity index (χ2n) is 4.15. The molecule has 1 unspecified atom stereocenters. The van der Waals surface area contributed by atoms with E-state index < -0.39 is 5.82 Å². The molecule has 92 valence electrons. The highest BCUT2D eigenvalue weighted by Gasteiger charge is 2.29. The molecule has 0 aliphatic carbocycles. The third-order valence-corrected chi connectivity index (χ3v) is 3.30. The molecule has 1 saturated heterocycles. The van der Waals surface area contributed by atoms with Gasteiger partial charge in [-0.25, -0.2) is 4.39 Å². The average molecular weight is 257 g/mol. The molecule has 1 atom stereocenters. The van der Waals surface area contributed by atoms with Gasteiger partial charge in [0, 0.05) is 24.2 Å². The van der Waals surface area contributed by atoms with Crippen LogP contribution in [-0.2, 0) is 0 Å². The molecule has 2 rings (SSSR count). The Morgan fingerprint density at radius 3 is 3.06 bits per heavy atom. The van der Waals surface area contributed by atoms with Crippen molar-refractivity contribution in [1.29, 1.82) is 0 Å². The highest BCUT2D eigenvalue weighted by molar-refractivity contribution is 6.31. The molecule has 2 N–H and O–H groups in total.